The zero-order chi connectivity index (χ0) is 27.8. The van der Waals surface area contributed by atoms with E-state index in [2.05, 4.69) is 16.7 Å². The average Bonchev–Trinajstić information content (AvgIpc) is 3.54. The number of hydrogen-bond acceptors (Lipinski definition) is 5. The monoisotopic (exact) mass is 521 g/mol. The molecule has 204 valence electrons. The summed E-state index contributed by atoms with van der Waals surface area (Å²) in [5.41, 5.74) is 0.201. The van der Waals surface area contributed by atoms with Crippen LogP contribution in [0.1, 0.15) is 71.8 Å². The molecule has 9 nitrogen and oxygen atoms in total. The summed E-state index contributed by atoms with van der Waals surface area (Å²) in [5.74, 6) is -0.566. The largest absolute Gasteiger partial charge is 0.345 e. The molecule has 0 bridgehead atoms. The molecule has 1 spiro atoms. The summed E-state index contributed by atoms with van der Waals surface area (Å²) in [7, 11) is 1.60. The smallest absolute Gasteiger partial charge is 0.246 e. The quantitative estimate of drug-likeness (QED) is 0.545. The van der Waals surface area contributed by atoms with Crippen LogP contribution in [0.3, 0.4) is 0 Å². The van der Waals surface area contributed by atoms with Crippen LogP contribution in [0.5, 0.6) is 0 Å². The van der Waals surface area contributed by atoms with E-state index in [1.807, 2.05) is 45.0 Å². The van der Waals surface area contributed by atoms with Crippen LogP contribution in [0.2, 0.25) is 0 Å². The lowest BCUT2D eigenvalue weighted by atomic mass is 9.80. The number of para-hydroxylation sites is 1. The number of hydrogen-bond donors (Lipinski definition) is 2. The summed E-state index contributed by atoms with van der Waals surface area (Å²) < 4.78 is 0. The summed E-state index contributed by atoms with van der Waals surface area (Å²) >= 11 is 0. The molecule has 1 aromatic carbocycles. The number of fused-ring (bicyclic) bond motifs is 2. The first-order valence-corrected chi connectivity index (χ1v) is 13.5. The van der Waals surface area contributed by atoms with Gasteiger partial charge in [0, 0.05) is 32.6 Å². The van der Waals surface area contributed by atoms with Crippen molar-refractivity contribution in [3.8, 4) is 6.07 Å². The molecule has 4 amide bonds. The Labute approximate surface area is 224 Å². The van der Waals surface area contributed by atoms with Crippen molar-refractivity contribution < 1.29 is 19.2 Å². The van der Waals surface area contributed by atoms with Crippen LogP contribution in [0, 0.1) is 22.7 Å². The maximum Gasteiger partial charge on any atom is 0.246 e. The average molecular weight is 522 g/mol. The van der Waals surface area contributed by atoms with E-state index in [9.17, 15) is 24.4 Å². The van der Waals surface area contributed by atoms with Gasteiger partial charge in [0.1, 0.15) is 18.1 Å². The normalized spacial score (nSPS) is 23.8. The van der Waals surface area contributed by atoms with Crippen molar-refractivity contribution in [2.24, 2.45) is 11.3 Å². The highest BCUT2D eigenvalue weighted by Gasteiger charge is 2.57. The van der Waals surface area contributed by atoms with Gasteiger partial charge in [-0.25, -0.2) is 0 Å². The number of likely N-dealkylation sites (tertiary alicyclic amines) is 1. The Morgan fingerprint density at radius 2 is 1.95 bits per heavy atom. The Morgan fingerprint density at radius 3 is 2.55 bits per heavy atom. The molecule has 4 rings (SSSR count). The number of likely N-dealkylation sites (N-methyl/N-ethyl adjacent to an activating group) is 1. The van der Waals surface area contributed by atoms with Gasteiger partial charge >= 0.3 is 0 Å². The Morgan fingerprint density at radius 1 is 1.26 bits per heavy atom. The maximum atomic E-state index is 14.2. The summed E-state index contributed by atoms with van der Waals surface area (Å²) in [4.78, 5) is 55.9. The predicted molar refractivity (Wildman–Crippen MR) is 143 cm³/mol. The van der Waals surface area contributed by atoms with Crippen molar-refractivity contribution in [1.82, 2.24) is 15.1 Å². The Kier molecular flexibility index (Phi) is 7.55. The lowest BCUT2D eigenvalue weighted by molar-refractivity contribution is -0.147. The molecule has 1 saturated carbocycles. The Hall–Kier alpha value is -3.41. The van der Waals surface area contributed by atoms with Crippen molar-refractivity contribution in [2.45, 2.75) is 89.8 Å². The Bertz CT molecular complexity index is 1160. The second-order valence-corrected chi connectivity index (χ2v) is 12.4. The van der Waals surface area contributed by atoms with Gasteiger partial charge in [-0.2, -0.15) is 5.26 Å². The zero-order valence-corrected chi connectivity index (χ0v) is 23.0. The van der Waals surface area contributed by atoms with E-state index in [1.165, 1.54) is 16.7 Å². The van der Waals surface area contributed by atoms with Crippen LogP contribution in [-0.4, -0.2) is 65.1 Å². The lowest BCUT2D eigenvalue weighted by Crippen LogP contribution is -2.56. The van der Waals surface area contributed by atoms with Crippen LogP contribution in [0.4, 0.5) is 5.69 Å². The third-order valence-electron chi connectivity index (χ3n) is 8.06. The number of nitrogens with zero attached hydrogens (tertiary/aromatic N) is 3. The van der Waals surface area contributed by atoms with Gasteiger partial charge in [0.15, 0.2) is 0 Å². The van der Waals surface area contributed by atoms with Gasteiger partial charge in [-0.1, -0.05) is 51.8 Å². The van der Waals surface area contributed by atoms with Gasteiger partial charge in [-0.3, -0.25) is 19.2 Å². The van der Waals surface area contributed by atoms with Gasteiger partial charge < -0.3 is 20.4 Å². The van der Waals surface area contributed by atoms with Gasteiger partial charge in [0.05, 0.1) is 11.5 Å². The highest BCUT2D eigenvalue weighted by Crippen LogP contribution is 2.46. The van der Waals surface area contributed by atoms with Gasteiger partial charge in [-0.05, 0) is 42.2 Å². The van der Waals surface area contributed by atoms with Crippen LogP contribution in [-0.2, 0) is 24.6 Å². The fourth-order valence-corrected chi connectivity index (χ4v) is 5.86. The van der Waals surface area contributed by atoms with Gasteiger partial charge in [0.2, 0.25) is 23.6 Å². The summed E-state index contributed by atoms with van der Waals surface area (Å²) in [5, 5.41) is 15.7. The minimum atomic E-state index is -0.996. The van der Waals surface area contributed by atoms with E-state index in [0.29, 0.717) is 24.4 Å². The fourth-order valence-electron chi connectivity index (χ4n) is 5.86. The van der Waals surface area contributed by atoms with Crippen LogP contribution in [0.15, 0.2) is 24.3 Å². The molecule has 4 atom stereocenters. The van der Waals surface area contributed by atoms with Crippen molar-refractivity contribution in [1.29, 1.82) is 5.26 Å². The van der Waals surface area contributed by atoms with Crippen LogP contribution < -0.4 is 10.6 Å². The van der Waals surface area contributed by atoms with Gasteiger partial charge in [-0.15, -0.1) is 0 Å². The van der Waals surface area contributed by atoms with Crippen LogP contribution in [0.25, 0.3) is 0 Å². The third kappa shape index (κ3) is 5.54. The number of rotatable bonds is 8. The third-order valence-corrected chi connectivity index (χ3v) is 8.06. The highest BCUT2D eigenvalue weighted by atomic mass is 16.2. The molecule has 2 fully saturated rings. The predicted octanol–water partition coefficient (Wildman–Crippen LogP) is 2.96. The SMILES string of the molecule is CC(=O)N[C@@H](CCC1CC1)C(=O)N(C)[C@@H](CC(C)(C)C)C(=O)N1C[C@]2(C[C@H]1C#N)C(=O)Nc1ccccc12. The second kappa shape index (κ2) is 10.4. The number of amides is 4. The van der Waals surface area contributed by atoms with E-state index in [-0.39, 0.29) is 42.0 Å². The standard InChI is InChI=1S/C29H39N5O4/c1-18(35)31-23(13-12-19-10-11-19)25(36)33(5)24(15-28(2,3)4)26(37)34-17-29(14-20(34)16-30)21-8-6-7-9-22(21)32-27(29)38/h6-9,19-20,23-24H,10-15,17H2,1-5H3,(H,31,35)(H,32,38)/t20-,23-,24-,29-/m0/s1. The molecule has 2 heterocycles. The van der Waals surface area contributed by atoms with E-state index in [1.54, 1.807) is 7.05 Å². The molecule has 1 aromatic rings. The van der Waals surface area contributed by atoms with Crippen LogP contribution >= 0.6 is 0 Å². The summed E-state index contributed by atoms with van der Waals surface area (Å²) in [6.45, 7) is 7.46. The van der Waals surface area contributed by atoms with E-state index in [0.717, 1.165) is 24.8 Å². The number of nitrogens with one attached hydrogen (secondary N) is 2. The molecule has 1 aliphatic carbocycles. The van der Waals surface area contributed by atoms with Gasteiger partial charge in [0.25, 0.3) is 0 Å². The fraction of sp³-hybridized carbons (Fsp3) is 0.621. The minimum absolute atomic E-state index is 0.0758. The maximum absolute atomic E-state index is 14.2. The molecule has 2 aliphatic heterocycles. The summed E-state index contributed by atoms with van der Waals surface area (Å²) in [6, 6.07) is 7.27. The number of benzene rings is 1. The van der Waals surface area contributed by atoms with Crippen molar-refractivity contribution >= 4 is 29.3 Å². The molecule has 9 heteroatoms. The molecule has 0 aromatic heterocycles. The summed E-state index contributed by atoms with van der Waals surface area (Å²) in [6.07, 6.45) is 4.23. The number of carbonyl (C=O) groups excluding carboxylic acids is 4. The first-order chi connectivity index (χ1) is 17.9. The van der Waals surface area contributed by atoms with E-state index < -0.39 is 23.5 Å². The molecular formula is C29H39N5O4. The van der Waals surface area contributed by atoms with Crippen molar-refractivity contribution in [3.05, 3.63) is 29.8 Å². The number of nitriles is 1. The topological polar surface area (TPSA) is 123 Å². The molecule has 38 heavy (non-hydrogen) atoms. The highest BCUT2D eigenvalue weighted by molar-refractivity contribution is 6.07. The number of anilines is 1. The van der Waals surface area contributed by atoms with Crippen molar-refractivity contribution in [3.63, 3.8) is 0 Å². The van der Waals surface area contributed by atoms with E-state index in [4.69, 9.17) is 0 Å². The zero-order valence-electron chi connectivity index (χ0n) is 23.0. The lowest BCUT2D eigenvalue weighted by Gasteiger charge is -2.37. The second-order valence-electron chi connectivity index (χ2n) is 12.4. The Balaban J connectivity index is 1.62. The first-order valence-electron chi connectivity index (χ1n) is 13.5. The molecule has 0 radical (unpaired) electrons. The van der Waals surface area contributed by atoms with Crippen molar-refractivity contribution in [2.75, 3.05) is 18.9 Å². The molecule has 3 aliphatic rings. The van der Waals surface area contributed by atoms with E-state index >= 15 is 0 Å². The minimum Gasteiger partial charge on any atom is -0.345 e. The molecule has 2 N–H and O–H groups in total. The molecular weight excluding hydrogens is 482 g/mol. The molecule has 0 unspecified atom stereocenters. The number of carbonyl (C=O) groups is 4. The molecule has 1 saturated heterocycles. The first kappa shape index (κ1) is 27.6.